The molecule has 1 rings (SSSR count). The molecule has 3 amide bonds. The molecule has 0 aromatic heterocycles. The van der Waals surface area contributed by atoms with Crippen LogP contribution in [0, 0.1) is 0 Å². The fourth-order valence-corrected chi connectivity index (χ4v) is 1.22. The second kappa shape index (κ2) is 4.75. The maximum atomic E-state index is 11.3. The largest absolute Gasteiger partial charge is 0.444 e. The van der Waals surface area contributed by atoms with E-state index < -0.39 is 34.3 Å². The summed E-state index contributed by atoms with van der Waals surface area (Å²) in [5.74, 6) is -1.55. The van der Waals surface area contributed by atoms with Crippen LogP contribution in [0.15, 0.2) is 0 Å². The summed E-state index contributed by atoms with van der Waals surface area (Å²) in [7, 11) is 0. The number of amides is 3. The van der Waals surface area contributed by atoms with E-state index in [1.807, 2.05) is 0 Å². The van der Waals surface area contributed by atoms with Crippen molar-refractivity contribution in [1.82, 2.24) is 4.90 Å². The fourth-order valence-electron chi connectivity index (χ4n) is 1.06. The standard InChI is InChI=1S/C7H7Cl3N2O4/c8-7(9,10)2-16-6(15)12-4(13)1-3(11)5(12)14/h3H,1-2,11H2. The van der Waals surface area contributed by atoms with Gasteiger partial charge in [0.25, 0.3) is 5.91 Å². The van der Waals surface area contributed by atoms with Gasteiger partial charge in [-0.2, -0.15) is 4.90 Å². The number of imide groups is 3. The minimum absolute atomic E-state index is 0.234. The number of halogens is 3. The molecule has 1 fully saturated rings. The van der Waals surface area contributed by atoms with Gasteiger partial charge in [0.15, 0.2) is 0 Å². The van der Waals surface area contributed by atoms with Crippen LogP contribution in [0.25, 0.3) is 0 Å². The first-order chi connectivity index (χ1) is 7.22. The van der Waals surface area contributed by atoms with Gasteiger partial charge in [-0.25, -0.2) is 4.79 Å². The number of likely N-dealkylation sites (tertiary alicyclic amines) is 1. The van der Waals surface area contributed by atoms with Gasteiger partial charge in [0.1, 0.15) is 6.61 Å². The van der Waals surface area contributed by atoms with Gasteiger partial charge >= 0.3 is 6.09 Å². The highest BCUT2D eigenvalue weighted by Crippen LogP contribution is 2.26. The Hall–Kier alpha value is -0.560. The Labute approximate surface area is 106 Å². The van der Waals surface area contributed by atoms with Gasteiger partial charge in [0, 0.05) is 0 Å². The molecule has 0 spiro atoms. The van der Waals surface area contributed by atoms with E-state index in [1.54, 1.807) is 0 Å². The van der Waals surface area contributed by atoms with Crippen molar-refractivity contribution >= 4 is 52.7 Å². The summed E-state index contributed by atoms with van der Waals surface area (Å²) in [6.45, 7) is -0.567. The highest BCUT2D eigenvalue weighted by Gasteiger charge is 2.42. The molecule has 16 heavy (non-hydrogen) atoms. The molecule has 0 bridgehead atoms. The Morgan fingerprint density at radius 1 is 1.50 bits per heavy atom. The molecule has 6 nitrogen and oxygen atoms in total. The van der Waals surface area contributed by atoms with Gasteiger partial charge in [0.2, 0.25) is 9.70 Å². The number of hydrogen-bond donors (Lipinski definition) is 1. The van der Waals surface area contributed by atoms with E-state index in [0.717, 1.165) is 0 Å². The molecular weight excluding hydrogens is 282 g/mol. The number of carbonyl (C=O) groups excluding carboxylic acids is 3. The second-order valence-corrected chi connectivity index (χ2v) is 5.56. The molecule has 1 aliphatic heterocycles. The van der Waals surface area contributed by atoms with Crippen LogP contribution >= 0.6 is 34.8 Å². The van der Waals surface area contributed by atoms with Crippen molar-refractivity contribution < 1.29 is 19.1 Å². The van der Waals surface area contributed by atoms with Crippen LogP contribution in [0.4, 0.5) is 4.79 Å². The van der Waals surface area contributed by atoms with Gasteiger partial charge in [-0.15, -0.1) is 0 Å². The molecule has 0 radical (unpaired) electrons. The van der Waals surface area contributed by atoms with Crippen molar-refractivity contribution in [2.24, 2.45) is 5.73 Å². The molecule has 0 aliphatic carbocycles. The van der Waals surface area contributed by atoms with Gasteiger partial charge in [-0.1, -0.05) is 34.8 Å². The van der Waals surface area contributed by atoms with Crippen molar-refractivity contribution in [3.63, 3.8) is 0 Å². The number of carbonyl (C=O) groups is 3. The highest BCUT2D eigenvalue weighted by atomic mass is 35.6. The Morgan fingerprint density at radius 2 is 2.06 bits per heavy atom. The van der Waals surface area contributed by atoms with E-state index in [0.29, 0.717) is 4.90 Å². The average molecular weight is 290 g/mol. The Kier molecular flexibility index (Phi) is 4.01. The maximum absolute atomic E-state index is 11.3. The number of hydrogen-bond acceptors (Lipinski definition) is 5. The summed E-state index contributed by atoms with van der Waals surface area (Å²) >= 11 is 16.0. The monoisotopic (exact) mass is 288 g/mol. The molecule has 1 aliphatic rings. The lowest BCUT2D eigenvalue weighted by Gasteiger charge is -2.15. The molecule has 1 unspecified atom stereocenters. The third-order valence-electron chi connectivity index (χ3n) is 1.72. The van der Waals surface area contributed by atoms with Gasteiger partial charge in [-0.3, -0.25) is 9.59 Å². The maximum Gasteiger partial charge on any atom is 0.423 e. The SMILES string of the molecule is NC1CC(=O)N(C(=O)OCC(Cl)(Cl)Cl)C1=O. The molecule has 9 heteroatoms. The van der Waals surface area contributed by atoms with Crippen LogP contribution in [0.2, 0.25) is 0 Å². The molecule has 0 saturated carbocycles. The van der Waals surface area contributed by atoms with Crippen molar-refractivity contribution in [3.05, 3.63) is 0 Å². The number of nitrogens with two attached hydrogens (primary N) is 1. The molecule has 2 N–H and O–H groups in total. The van der Waals surface area contributed by atoms with Gasteiger partial charge in [0.05, 0.1) is 12.5 Å². The van der Waals surface area contributed by atoms with Gasteiger partial charge < -0.3 is 10.5 Å². The topological polar surface area (TPSA) is 89.7 Å². The van der Waals surface area contributed by atoms with E-state index in [9.17, 15) is 14.4 Å². The predicted molar refractivity (Wildman–Crippen MR) is 56.1 cm³/mol. The van der Waals surface area contributed by atoms with Crippen LogP contribution < -0.4 is 5.73 Å². The molecule has 1 heterocycles. The summed E-state index contributed by atoms with van der Waals surface area (Å²) in [6.07, 6.45) is -1.42. The quantitative estimate of drug-likeness (QED) is 0.563. The van der Waals surface area contributed by atoms with E-state index >= 15 is 0 Å². The number of ether oxygens (including phenoxy) is 1. The lowest BCUT2D eigenvalue weighted by Crippen LogP contribution is -2.40. The van der Waals surface area contributed by atoms with Crippen molar-refractivity contribution in [3.8, 4) is 0 Å². The van der Waals surface area contributed by atoms with Crippen molar-refractivity contribution in [1.29, 1.82) is 0 Å². The van der Waals surface area contributed by atoms with Crippen molar-refractivity contribution in [2.75, 3.05) is 6.61 Å². The molecule has 90 valence electrons. The normalized spacial score (nSPS) is 21.5. The first-order valence-corrected chi connectivity index (χ1v) is 5.21. The molecule has 1 saturated heterocycles. The number of nitrogens with zero attached hydrogens (tertiary/aromatic N) is 1. The lowest BCUT2D eigenvalue weighted by molar-refractivity contribution is -0.136. The minimum atomic E-state index is -1.80. The molecular formula is C7H7Cl3N2O4. The first kappa shape index (κ1) is 13.5. The van der Waals surface area contributed by atoms with E-state index in [-0.39, 0.29) is 6.42 Å². The number of alkyl halides is 3. The highest BCUT2D eigenvalue weighted by molar-refractivity contribution is 6.67. The summed E-state index contributed by atoms with van der Waals surface area (Å²) in [4.78, 5) is 34.0. The van der Waals surface area contributed by atoms with Crippen LogP contribution in [-0.2, 0) is 14.3 Å². The zero-order chi connectivity index (χ0) is 12.5. The molecule has 1 atom stereocenters. The summed E-state index contributed by atoms with van der Waals surface area (Å²) in [6, 6.07) is -1.02. The zero-order valence-electron chi connectivity index (χ0n) is 7.78. The van der Waals surface area contributed by atoms with E-state index in [1.165, 1.54) is 0 Å². The summed E-state index contributed by atoms with van der Waals surface area (Å²) in [5.41, 5.74) is 5.28. The third-order valence-corrected chi connectivity index (χ3v) is 2.05. The van der Waals surface area contributed by atoms with Crippen LogP contribution in [0.5, 0.6) is 0 Å². The third kappa shape index (κ3) is 3.21. The van der Waals surface area contributed by atoms with Crippen LogP contribution in [-0.4, -0.2) is 39.2 Å². The summed E-state index contributed by atoms with van der Waals surface area (Å²) in [5, 5.41) is 0. The smallest absolute Gasteiger partial charge is 0.423 e. The second-order valence-electron chi connectivity index (χ2n) is 3.05. The van der Waals surface area contributed by atoms with E-state index in [2.05, 4.69) is 4.74 Å². The van der Waals surface area contributed by atoms with Crippen molar-refractivity contribution in [2.45, 2.75) is 16.3 Å². The van der Waals surface area contributed by atoms with Gasteiger partial charge in [-0.05, 0) is 0 Å². The lowest BCUT2D eigenvalue weighted by atomic mass is 10.3. The summed E-state index contributed by atoms with van der Waals surface area (Å²) < 4.78 is 2.67. The first-order valence-electron chi connectivity index (χ1n) is 4.08. The minimum Gasteiger partial charge on any atom is -0.444 e. The Balaban J connectivity index is 2.61. The Morgan fingerprint density at radius 3 is 2.44 bits per heavy atom. The van der Waals surface area contributed by atoms with E-state index in [4.69, 9.17) is 40.5 Å². The fraction of sp³-hybridized carbons (Fsp3) is 0.571. The molecule has 0 aromatic rings. The van der Waals surface area contributed by atoms with Crippen LogP contribution in [0.1, 0.15) is 6.42 Å². The Bertz CT molecular complexity index is 341. The van der Waals surface area contributed by atoms with Crippen LogP contribution in [0.3, 0.4) is 0 Å². The molecule has 0 aromatic carbocycles. The predicted octanol–water partition coefficient (Wildman–Crippen LogP) is 0.579. The average Bonchev–Trinajstić information content (AvgIpc) is 2.36. The zero-order valence-corrected chi connectivity index (χ0v) is 10.1. The number of rotatable bonds is 1.